The summed E-state index contributed by atoms with van der Waals surface area (Å²) in [5, 5.41) is 0.662. The van der Waals surface area contributed by atoms with Crippen molar-refractivity contribution in [3.63, 3.8) is 0 Å². The number of nitrogen functional groups attached to an aromatic ring is 1. The normalized spacial score (nSPS) is 11.2. The minimum Gasteiger partial charge on any atom is -0.436 e. The van der Waals surface area contributed by atoms with Crippen molar-refractivity contribution in [2.75, 3.05) is 5.73 Å². The van der Waals surface area contributed by atoms with E-state index in [2.05, 4.69) is 4.98 Å². The molecule has 0 fully saturated rings. The average molecular weight is 248 g/mol. The third-order valence-corrected chi connectivity index (χ3v) is 3.34. The summed E-state index contributed by atoms with van der Waals surface area (Å²) < 4.78 is 18.6. The minimum atomic E-state index is -0.327. The summed E-state index contributed by atoms with van der Waals surface area (Å²) in [6, 6.07) is 6.18. The molecule has 1 aromatic carbocycles. The van der Waals surface area contributed by atoms with Crippen LogP contribution in [0.5, 0.6) is 0 Å². The molecule has 0 saturated heterocycles. The largest absolute Gasteiger partial charge is 0.436 e. The molecule has 0 unspecified atom stereocenters. The molecule has 0 bridgehead atoms. The monoisotopic (exact) mass is 248 g/mol. The van der Waals surface area contributed by atoms with Crippen LogP contribution in [0.15, 0.2) is 28.7 Å². The Morgan fingerprint density at radius 2 is 2.18 bits per heavy atom. The van der Waals surface area contributed by atoms with E-state index in [-0.39, 0.29) is 5.82 Å². The number of aromatic nitrogens is 1. The molecule has 3 aromatic rings. The highest BCUT2D eigenvalue weighted by atomic mass is 32.1. The number of fused-ring (bicyclic) bond motifs is 1. The Bertz CT molecular complexity index is 702. The number of nitrogens with zero attached hydrogens (tertiary/aromatic N) is 1. The third kappa shape index (κ3) is 1.68. The van der Waals surface area contributed by atoms with Crippen LogP contribution in [0.3, 0.4) is 0 Å². The Morgan fingerprint density at radius 1 is 1.35 bits per heavy atom. The van der Waals surface area contributed by atoms with E-state index < -0.39 is 0 Å². The second kappa shape index (κ2) is 3.56. The molecule has 17 heavy (non-hydrogen) atoms. The summed E-state index contributed by atoms with van der Waals surface area (Å²) in [4.78, 5) is 5.33. The van der Waals surface area contributed by atoms with Gasteiger partial charge in [-0.1, -0.05) is 0 Å². The molecule has 0 radical (unpaired) electrons. The highest BCUT2D eigenvalue weighted by Gasteiger charge is 2.13. The van der Waals surface area contributed by atoms with Crippen LogP contribution in [0, 0.1) is 12.7 Å². The SMILES string of the molecule is Cc1cc(-c2nc3cc(F)ccc3o2)c(N)s1. The van der Waals surface area contributed by atoms with Gasteiger partial charge in [0.15, 0.2) is 5.58 Å². The van der Waals surface area contributed by atoms with Crippen LogP contribution in [-0.4, -0.2) is 4.98 Å². The lowest BCUT2D eigenvalue weighted by Crippen LogP contribution is -1.82. The van der Waals surface area contributed by atoms with Gasteiger partial charge in [0.25, 0.3) is 0 Å². The Balaban J connectivity index is 2.21. The van der Waals surface area contributed by atoms with Crippen molar-refractivity contribution in [2.45, 2.75) is 6.92 Å². The summed E-state index contributed by atoms with van der Waals surface area (Å²) in [5.74, 6) is 0.110. The molecule has 0 atom stereocenters. The first-order valence-corrected chi connectivity index (χ1v) is 5.87. The maximum Gasteiger partial charge on any atom is 0.230 e. The second-order valence-corrected chi connectivity index (χ2v) is 5.05. The van der Waals surface area contributed by atoms with Crippen molar-refractivity contribution in [3.05, 3.63) is 35.0 Å². The van der Waals surface area contributed by atoms with E-state index in [9.17, 15) is 4.39 Å². The summed E-state index contributed by atoms with van der Waals surface area (Å²) in [6.45, 7) is 1.97. The van der Waals surface area contributed by atoms with Gasteiger partial charge in [-0.25, -0.2) is 9.37 Å². The molecule has 2 N–H and O–H groups in total. The minimum absolute atomic E-state index is 0.327. The Kier molecular flexibility index (Phi) is 2.16. The molecule has 0 saturated carbocycles. The zero-order chi connectivity index (χ0) is 12.0. The summed E-state index contributed by atoms with van der Waals surface area (Å²) in [5.41, 5.74) is 7.70. The van der Waals surface area contributed by atoms with Gasteiger partial charge in [-0.2, -0.15) is 0 Å². The van der Waals surface area contributed by atoms with Gasteiger partial charge in [-0.15, -0.1) is 11.3 Å². The van der Waals surface area contributed by atoms with E-state index in [1.54, 1.807) is 6.07 Å². The number of nitrogens with two attached hydrogens (primary N) is 1. The van der Waals surface area contributed by atoms with Crippen molar-refractivity contribution in [3.8, 4) is 11.5 Å². The van der Waals surface area contributed by atoms with Crippen molar-refractivity contribution >= 4 is 27.4 Å². The molecule has 3 nitrogen and oxygen atoms in total. The molecule has 3 rings (SSSR count). The van der Waals surface area contributed by atoms with E-state index >= 15 is 0 Å². The molecular formula is C12H9FN2OS. The molecule has 0 spiro atoms. The topological polar surface area (TPSA) is 52.0 Å². The lowest BCUT2D eigenvalue weighted by atomic mass is 10.3. The first-order valence-electron chi connectivity index (χ1n) is 5.06. The van der Waals surface area contributed by atoms with Crippen molar-refractivity contribution < 1.29 is 8.81 Å². The summed E-state index contributed by atoms with van der Waals surface area (Å²) in [6.07, 6.45) is 0. The van der Waals surface area contributed by atoms with E-state index in [1.807, 2.05) is 13.0 Å². The van der Waals surface area contributed by atoms with Gasteiger partial charge in [-0.05, 0) is 25.1 Å². The zero-order valence-electron chi connectivity index (χ0n) is 9.03. The predicted octanol–water partition coefficient (Wildman–Crippen LogP) is 3.59. The fourth-order valence-electron chi connectivity index (χ4n) is 1.72. The number of thiophene rings is 1. The van der Waals surface area contributed by atoms with Gasteiger partial charge < -0.3 is 10.2 Å². The van der Waals surface area contributed by atoms with Crippen molar-refractivity contribution in [1.29, 1.82) is 0 Å². The molecular weight excluding hydrogens is 239 g/mol. The van der Waals surface area contributed by atoms with E-state index in [0.717, 1.165) is 10.4 Å². The molecule has 0 aliphatic carbocycles. The van der Waals surface area contributed by atoms with Gasteiger partial charge in [0, 0.05) is 10.9 Å². The van der Waals surface area contributed by atoms with Crippen LogP contribution >= 0.6 is 11.3 Å². The standard InChI is InChI=1S/C12H9FN2OS/c1-6-4-8(11(14)17-6)12-15-9-5-7(13)2-3-10(9)16-12/h2-5H,14H2,1H3. The molecule has 2 aromatic heterocycles. The first kappa shape index (κ1) is 10.3. The van der Waals surface area contributed by atoms with Gasteiger partial charge in [0.05, 0.1) is 10.6 Å². The Hall–Kier alpha value is -1.88. The number of halogens is 1. The van der Waals surface area contributed by atoms with Crippen molar-refractivity contribution in [1.82, 2.24) is 4.98 Å². The molecule has 0 amide bonds. The molecule has 86 valence electrons. The molecule has 5 heteroatoms. The number of hydrogen-bond donors (Lipinski definition) is 1. The average Bonchev–Trinajstić information content (AvgIpc) is 2.80. The number of rotatable bonds is 1. The lowest BCUT2D eigenvalue weighted by molar-refractivity contribution is 0.614. The Labute approximate surface area is 101 Å². The fraction of sp³-hybridized carbons (Fsp3) is 0.0833. The number of anilines is 1. The number of aryl methyl sites for hydroxylation is 1. The van der Waals surface area contributed by atoms with Crippen LogP contribution in [0.4, 0.5) is 9.39 Å². The van der Waals surface area contributed by atoms with E-state index in [1.165, 1.54) is 23.5 Å². The van der Waals surface area contributed by atoms with Gasteiger partial charge >= 0.3 is 0 Å². The molecule has 0 aliphatic heterocycles. The number of benzene rings is 1. The molecule has 0 aliphatic rings. The highest BCUT2D eigenvalue weighted by Crippen LogP contribution is 2.34. The fourth-order valence-corrected chi connectivity index (χ4v) is 2.50. The van der Waals surface area contributed by atoms with Gasteiger partial charge in [0.2, 0.25) is 5.89 Å². The highest BCUT2D eigenvalue weighted by molar-refractivity contribution is 7.16. The van der Waals surface area contributed by atoms with E-state index in [4.69, 9.17) is 10.2 Å². The quantitative estimate of drug-likeness (QED) is 0.716. The lowest BCUT2D eigenvalue weighted by Gasteiger charge is -1.90. The Morgan fingerprint density at radius 3 is 2.88 bits per heavy atom. The zero-order valence-corrected chi connectivity index (χ0v) is 9.84. The smallest absolute Gasteiger partial charge is 0.230 e. The van der Waals surface area contributed by atoms with E-state index in [0.29, 0.717) is 22.0 Å². The maximum absolute atomic E-state index is 13.0. The summed E-state index contributed by atoms with van der Waals surface area (Å²) >= 11 is 1.48. The second-order valence-electron chi connectivity index (χ2n) is 3.77. The maximum atomic E-state index is 13.0. The van der Waals surface area contributed by atoms with Crippen LogP contribution in [0.1, 0.15) is 4.88 Å². The van der Waals surface area contributed by atoms with Crippen LogP contribution in [0.25, 0.3) is 22.6 Å². The van der Waals surface area contributed by atoms with Crippen LogP contribution < -0.4 is 5.73 Å². The molecule has 2 heterocycles. The van der Waals surface area contributed by atoms with Crippen molar-refractivity contribution in [2.24, 2.45) is 0 Å². The number of oxazole rings is 1. The first-order chi connectivity index (χ1) is 8.13. The number of hydrogen-bond acceptors (Lipinski definition) is 4. The van der Waals surface area contributed by atoms with Gasteiger partial charge in [0.1, 0.15) is 11.3 Å². The van der Waals surface area contributed by atoms with Crippen LogP contribution in [0.2, 0.25) is 0 Å². The predicted molar refractivity (Wildman–Crippen MR) is 66.4 cm³/mol. The third-order valence-electron chi connectivity index (χ3n) is 2.46. The van der Waals surface area contributed by atoms with Gasteiger partial charge in [-0.3, -0.25) is 0 Å². The van der Waals surface area contributed by atoms with Crippen LogP contribution in [-0.2, 0) is 0 Å². The summed E-state index contributed by atoms with van der Waals surface area (Å²) in [7, 11) is 0.